The van der Waals surface area contributed by atoms with Crippen molar-refractivity contribution in [1.82, 2.24) is 0 Å². The molecule has 1 aromatic carbocycles. The molecule has 16 heavy (non-hydrogen) atoms. The summed E-state index contributed by atoms with van der Waals surface area (Å²) in [5.41, 5.74) is 8.68. The molecule has 3 nitrogen and oxygen atoms in total. The van der Waals surface area contributed by atoms with Crippen LogP contribution in [-0.2, 0) is 0 Å². The number of anilines is 1. The summed E-state index contributed by atoms with van der Waals surface area (Å²) in [6, 6.07) is 6.84. The molecule has 3 N–H and O–H groups in total. The van der Waals surface area contributed by atoms with E-state index in [4.69, 9.17) is 10.5 Å². The molecule has 3 unspecified atom stereocenters. The fraction of sp³-hybridized carbons (Fsp3) is 0.538. The molecule has 3 atom stereocenters. The van der Waals surface area contributed by atoms with Gasteiger partial charge in [0.1, 0.15) is 5.75 Å². The maximum absolute atomic E-state index is 6.36. The summed E-state index contributed by atoms with van der Waals surface area (Å²) in [5.74, 6) is 1.51. The molecule has 1 fully saturated rings. The van der Waals surface area contributed by atoms with E-state index >= 15 is 0 Å². The normalized spacial score (nSPS) is 31.5. The maximum Gasteiger partial charge on any atom is 0.142 e. The molecule has 1 heterocycles. The molecular weight excluding hydrogens is 200 g/mol. The zero-order chi connectivity index (χ0) is 11.1. The predicted octanol–water partition coefficient (Wildman–Crippen LogP) is 2.29. The highest BCUT2D eigenvalue weighted by atomic mass is 16.5. The molecule has 0 spiro atoms. The van der Waals surface area contributed by atoms with E-state index in [0.29, 0.717) is 12.0 Å². The number of para-hydroxylation sites is 1. The first-order valence-corrected chi connectivity index (χ1v) is 6.00. The molecule has 0 bridgehead atoms. The zero-order valence-electron chi connectivity index (χ0n) is 9.57. The highest BCUT2D eigenvalue weighted by Crippen LogP contribution is 2.45. The summed E-state index contributed by atoms with van der Waals surface area (Å²) < 4.78 is 5.39. The molecule has 1 aromatic rings. The van der Waals surface area contributed by atoms with Gasteiger partial charge in [-0.05, 0) is 30.4 Å². The summed E-state index contributed by atoms with van der Waals surface area (Å²) in [4.78, 5) is 0. The molecule has 1 saturated carbocycles. The molecule has 3 rings (SSSR count). The second-order valence-corrected chi connectivity index (χ2v) is 4.80. The summed E-state index contributed by atoms with van der Waals surface area (Å²) in [5, 5.41) is 3.60. The van der Waals surface area contributed by atoms with Gasteiger partial charge >= 0.3 is 0 Å². The van der Waals surface area contributed by atoms with E-state index in [1.165, 1.54) is 24.8 Å². The molecule has 86 valence electrons. The molecule has 1 aliphatic carbocycles. The van der Waals surface area contributed by atoms with Crippen molar-refractivity contribution in [3.63, 3.8) is 0 Å². The van der Waals surface area contributed by atoms with Crippen LogP contribution in [0.5, 0.6) is 5.75 Å². The van der Waals surface area contributed by atoms with Crippen LogP contribution in [0.2, 0.25) is 0 Å². The second kappa shape index (κ2) is 3.67. The van der Waals surface area contributed by atoms with Crippen LogP contribution in [0.25, 0.3) is 0 Å². The monoisotopic (exact) mass is 218 g/mol. The van der Waals surface area contributed by atoms with Crippen molar-refractivity contribution in [3.05, 3.63) is 23.8 Å². The Bertz CT molecular complexity index is 405. The fourth-order valence-corrected chi connectivity index (χ4v) is 3.16. The zero-order valence-corrected chi connectivity index (χ0v) is 9.57. The van der Waals surface area contributed by atoms with Gasteiger partial charge < -0.3 is 15.8 Å². The Hall–Kier alpha value is -1.22. The minimum absolute atomic E-state index is 0.166. The Balaban J connectivity index is 2.06. The first-order chi connectivity index (χ1) is 7.81. The Morgan fingerprint density at radius 3 is 3.06 bits per heavy atom. The van der Waals surface area contributed by atoms with E-state index in [2.05, 4.69) is 11.4 Å². The van der Waals surface area contributed by atoms with Crippen LogP contribution in [0.3, 0.4) is 0 Å². The van der Waals surface area contributed by atoms with Gasteiger partial charge in [-0.1, -0.05) is 18.6 Å². The van der Waals surface area contributed by atoms with Crippen molar-refractivity contribution in [1.29, 1.82) is 0 Å². The van der Waals surface area contributed by atoms with Gasteiger partial charge in [-0.2, -0.15) is 0 Å². The minimum Gasteiger partial charge on any atom is -0.495 e. The van der Waals surface area contributed by atoms with E-state index in [1.54, 1.807) is 7.11 Å². The number of nitrogens with one attached hydrogen (secondary N) is 1. The van der Waals surface area contributed by atoms with E-state index in [1.807, 2.05) is 12.1 Å². The van der Waals surface area contributed by atoms with Gasteiger partial charge in [0.25, 0.3) is 0 Å². The lowest BCUT2D eigenvalue weighted by Crippen LogP contribution is -2.37. The van der Waals surface area contributed by atoms with Crippen LogP contribution in [-0.4, -0.2) is 13.2 Å². The number of nitrogens with two attached hydrogens (primary N) is 1. The van der Waals surface area contributed by atoms with Crippen molar-refractivity contribution in [2.45, 2.75) is 31.3 Å². The van der Waals surface area contributed by atoms with E-state index in [0.717, 1.165) is 11.4 Å². The molecule has 2 aliphatic rings. The number of hydrogen-bond donors (Lipinski definition) is 2. The summed E-state index contributed by atoms with van der Waals surface area (Å²) in [6.07, 6.45) is 3.76. The van der Waals surface area contributed by atoms with Gasteiger partial charge in [0.05, 0.1) is 12.8 Å². The summed E-state index contributed by atoms with van der Waals surface area (Å²) in [7, 11) is 1.71. The SMILES string of the molecule is COc1cccc2c1NC1CCCC1C2N. The molecule has 0 amide bonds. The van der Waals surface area contributed by atoms with E-state index < -0.39 is 0 Å². The summed E-state index contributed by atoms with van der Waals surface area (Å²) in [6.45, 7) is 0. The van der Waals surface area contributed by atoms with Crippen LogP contribution in [0.1, 0.15) is 30.9 Å². The summed E-state index contributed by atoms with van der Waals surface area (Å²) >= 11 is 0. The molecule has 3 heteroatoms. The molecule has 0 saturated heterocycles. The Labute approximate surface area is 96.0 Å². The predicted molar refractivity (Wildman–Crippen MR) is 64.7 cm³/mol. The number of ether oxygens (including phenoxy) is 1. The standard InChI is InChI=1S/C13H18N2O/c1-16-11-7-3-5-9-12(14)8-4-2-6-10(8)15-13(9)11/h3,5,7-8,10,12,15H,2,4,6,14H2,1H3. The quantitative estimate of drug-likeness (QED) is 0.760. The van der Waals surface area contributed by atoms with Gasteiger partial charge in [0, 0.05) is 12.1 Å². The van der Waals surface area contributed by atoms with Crippen molar-refractivity contribution < 1.29 is 4.74 Å². The Morgan fingerprint density at radius 1 is 1.38 bits per heavy atom. The second-order valence-electron chi connectivity index (χ2n) is 4.80. The van der Waals surface area contributed by atoms with Gasteiger partial charge in [0.2, 0.25) is 0 Å². The Morgan fingerprint density at radius 2 is 2.25 bits per heavy atom. The molecule has 0 aromatic heterocycles. The lowest BCUT2D eigenvalue weighted by molar-refractivity contribution is 0.385. The van der Waals surface area contributed by atoms with Gasteiger partial charge in [0.15, 0.2) is 0 Å². The third-order valence-electron chi connectivity index (χ3n) is 4.00. The number of fused-ring (bicyclic) bond motifs is 2. The first-order valence-electron chi connectivity index (χ1n) is 6.00. The number of hydrogen-bond acceptors (Lipinski definition) is 3. The van der Waals surface area contributed by atoms with Crippen LogP contribution in [0.15, 0.2) is 18.2 Å². The number of methoxy groups -OCH3 is 1. The van der Waals surface area contributed by atoms with E-state index in [-0.39, 0.29) is 6.04 Å². The average molecular weight is 218 g/mol. The van der Waals surface area contributed by atoms with Crippen LogP contribution in [0.4, 0.5) is 5.69 Å². The van der Waals surface area contributed by atoms with Crippen molar-refractivity contribution >= 4 is 5.69 Å². The number of benzene rings is 1. The van der Waals surface area contributed by atoms with Crippen molar-refractivity contribution in [2.24, 2.45) is 11.7 Å². The lowest BCUT2D eigenvalue weighted by atomic mass is 9.85. The largest absolute Gasteiger partial charge is 0.495 e. The minimum atomic E-state index is 0.166. The van der Waals surface area contributed by atoms with Crippen molar-refractivity contribution in [2.75, 3.05) is 12.4 Å². The van der Waals surface area contributed by atoms with Gasteiger partial charge in [-0.25, -0.2) is 0 Å². The third kappa shape index (κ3) is 1.31. The van der Waals surface area contributed by atoms with Crippen LogP contribution in [0, 0.1) is 5.92 Å². The molecular formula is C13H18N2O. The number of rotatable bonds is 1. The molecule has 1 aliphatic heterocycles. The molecule has 0 radical (unpaired) electrons. The van der Waals surface area contributed by atoms with Crippen molar-refractivity contribution in [3.8, 4) is 5.75 Å². The highest BCUT2D eigenvalue weighted by Gasteiger charge is 2.38. The lowest BCUT2D eigenvalue weighted by Gasteiger charge is -2.35. The van der Waals surface area contributed by atoms with Crippen LogP contribution >= 0.6 is 0 Å². The maximum atomic E-state index is 6.36. The smallest absolute Gasteiger partial charge is 0.142 e. The highest BCUT2D eigenvalue weighted by molar-refractivity contribution is 5.65. The van der Waals surface area contributed by atoms with Gasteiger partial charge in [-0.15, -0.1) is 0 Å². The third-order valence-corrected chi connectivity index (χ3v) is 4.00. The fourth-order valence-electron chi connectivity index (χ4n) is 3.16. The first kappa shape index (κ1) is 9.97. The topological polar surface area (TPSA) is 47.3 Å². The van der Waals surface area contributed by atoms with Gasteiger partial charge in [-0.3, -0.25) is 0 Å². The van der Waals surface area contributed by atoms with E-state index in [9.17, 15) is 0 Å². The average Bonchev–Trinajstić information content (AvgIpc) is 2.77. The van der Waals surface area contributed by atoms with Crippen LogP contribution < -0.4 is 15.8 Å². The Kier molecular flexibility index (Phi) is 2.28.